The molecule has 3 rings (SSSR count). The predicted octanol–water partition coefficient (Wildman–Crippen LogP) is 3.08. The van der Waals surface area contributed by atoms with Crippen molar-refractivity contribution in [1.82, 2.24) is 4.90 Å². The molecule has 1 aliphatic heterocycles. The minimum Gasteiger partial charge on any atom is -0.397 e. The van der Waals surface area contributed by atoms with Gasteiger partial charge in [0.2, 0.25) is 5.91 Å². The second-order valence-corrected chi connectivity index (χ2v) is 6.36. The van der Waals surface area contributed by atoms with Crippen LogP contribution in [0.1, 0.15) is 35.2 Å². The molecule has 0 aromatic heterocycles. The van der Waals surface area contributed by atoms with Crippen LogP contribution in [0.5, 0.6) is 0 Å². The molecule has 0 bridgehead atoms. The van der Waals surface area contributed by atoms with Crippen LogP contribution in [0.15, 0.2) is 48.5 Å². The van der Waals surface area contributed by atoms with Crippen LogP contribution in [-0.4, -0.2) is 29.8 Å². The van der Waals surface area contributed by atoms with Crippen molar-refractivity contribution in [2.45, 2.75) is 25.7 Å². The van der Waals surface area contributed by atoms with Gasteiger partial charge in [-0.15, -0.1) is 0 Å². The maximum absolute atomic E-state index is 12.3. The Morgan fingerprint density at radius 3 is 2.32 bits per heavy atom. The highest BCUT2D eigenvalue weighted by molar-refractivity contribution is 6.05. The van der Waals surface area contributed by atoms with E-state index in [4.69, 9.17) is 5.73 Å². The molecule has 2 amide bonds. The van der Waals surface area contributed by atoms with E-state index < -0.39 is 0 Å². The number of nitrogen functional groups attached to an aromatic ring is 1. The number of para-hydroxylation sites is 2. The highest BCUT2D eigenvalue weighted by atomic mass is 16.2. The molecule has 3 N–H and O–H groups in total. The van der Waals surface area contributed by atoms with Gasteiger partial charge in [-0.1, -0.05) is 24.3 Å². The number of rotatable bonds is 4. The summed E-state index contributed by atoms with van der Waals surface area (Å²) < 4.78 is 0. The van der Waals surface area contributed by atoms with Crippen molar-refractivity contribution in [2.24, 2.45) is 0 Å². The Kier molecular flexibility index (Phi) is 5.33. The number of nitrogens with one attached hydrogen (secondary N) is 1. The van der Waals surface area contributed by atoms with Crippen LogP contribution in [0, 0.1) is 0 Å². The van der Waals surface area contributed by atoms with E-state index in [-0.39, 0.29) is 11.8 Å². The SMILES string of the molecule is Nc1ccccc1NC(=O)c1ccc(CC(=O)N2CCCCC2)cc1. The molecule has 1 fully saturated rings. The van der Waals surface area contributed by atoms with E-state index in [1.165, 1.54) is 6.42 Å². The van der Waals surface area contributed by atoms with Crippen LogP contribution in [0.3, 0.4) is 0 Å². The molecule has 5 heteroatoms. The number of carbonyl (C=O) groups excluding carboxylic acids is 2. The van der Waals surface area contributed by atoms with Crippen LogP contribution in [0.2, 0.25) is 0 Å². The van der Waals surface area contributed by atoms with Gasteiger partial charge >= 0.3 is 0 Å². The number of hydrogen-bond acceptors (Lipinski definition) is 3. The number of nitrogens with zero attached hydrogens (tertiary/aromatic N) is 1. The average molecular weight is 337 g/mol. The van der Waals surface area contributed by atoms with Crippen LogP contribution >= 0.6 is 0 Å². The summed E-state index contributed by atoms with van der Waals surface area (Å²) in [6.45, 7) is 1.72. The lowest BCUT2D eigenvalue weighted by Crippen LogP contribution is -2.36. The molecule has 0 saturated carbocycles. The second kappa shape index (κ2) is 7.83. The Bertz CT molecular complexity index is 750. The van der Waals surface area contributed by atoms with Crippen molar-refractivity contribution in [2.75, 3.05) is 24.1 Å². The highest BCUT2D eigenvalue weighted by Crippen LogP contribution is 2.18. The smallest absolute Gasteiger partial charge is 0.255 e. The van der Waals surface area contributed by atoms with E-state index in [9.17, 15) is 9.59 Å². The Balaban J connectivity index is 1.60. The third-order valence-corrected chi connectivity index (χ3v) is 4.49. The zero-order chi connectivity index (χ0) is 17.6. The molecule has 0 unspecified atom stereocenters. The van der Waals surface area contributed by atoms with Gasteiger partial charge in [0.15, 0.2) is 0 Å². The summed E-state index contributed by atoms with van der Waals surface area (Å²) in [4.78, 5) is 26.5. The summed E-state index contributed by atoms with van der Waals surface area (Å²) in [5.74, 6) is -0.0548. The van der Waals surface area contributed by atoms with E-state index in [2.05, 4.69) is 5.32 Å². The minimum atomic E-state index is -0.216. The van der Waals surface area contributed by atoms with Crippen molar-refractivity contribution in [3.05, 3.63) is 59.7 Å². The first kappa shape index (κ1) is 17.0. The molecule has 0 atom stereocenters. The van der Waals surface area contributed by atoms with E-state index in [1.807, 2.05) is 29.2 Å². The van der Waals surface area contributed by atoms with Crippen molar-refractivity contribution in [1.29, 1.82) is 0 Å². The maximum atomic E-state index is 12.3. The van der Waals surface area contributed by atoms with Crippen molar-refractivity contribution in [3.63, 3.8) is 0 Å². The van der Waals surface area contributed by atoms with Gasteiger partial charge in [0, 0.05) is 18.7 Å². The molecular formula is C20H23N3O2. The average Bonchev–Trinajstić information content (AvgIpc) is 2.65. The summed E-state index contributed by atoms with van der Waals surface area (Å²) in [5, 5.41) is 2.80. The van der Waals surface area contributed by atoms with Gasteiger partial charge in [0.05, 0.1) is 17.8 Å². The van der Waals surface area contributed by atoms with E-state index >= 15 is 0 Å². The first-order valence-corrected chi connectivity index (χ1v) is 8.66. The van der Waals surface area contributed by atoms with E-state index in [1.54, 1.807) is 24.3 Å². The highest BCUT2D eigenvalue weighted by Gasteiger charge is 2.16. The fourth-order valence-corrected chi connectivity index (χ4v) is 3.01. The quantitative estimate of drug-likeness (QED) is 0.842. The second-order valence-electron chi connectivity index (χ2n) is 6.36. The third kappa shape index (κ3) is 4.38. The normalized spacial score (nSPS) is 14.2. The molecule has 1 saturated heterocycles. The summed E-state index contributed by atoms with van der Waals surface area (Å²) in [5.41, 5.74) is 8.42. The van der Waals surface area contributed by atoms with Gasteiger partial charge in [0.25, 0.3) is 5.91 Å². The first-order chi connectivity index (χ1) is 12.1. The molecule has 0 radical (unpaired) electrons. The summed E-state index contributed by atoms with van der Waals surface area (Å²) in [6, 6.07) is 14.3. The lowest BCUT2D eigenvalue weighted by atomic mass is 10.1. The van der Waals surface area contributed by atoms with Gasteiger partial charge < -0.3 is 16.0 Å². The Morgan fingerprint density at radius 2 is 1.64 bits per heavy atom. The largest absolute Gasteiger partial charge is 0.397 e. The van der Waals surface area contributed by atoms with Crippen LogP contribution in [0.25, 0.3) is 0 Å². The molecule has 130 valence electrons. The molecule has 0 aliphatic carbocycles. The van der Waals surface area contributed by atoms with Crippen LogP contribution < -0.4 is 11.1 Å². The molecule has 1 aliphatic rings. The molecular weight excluding hydrogens is 314 g/mol. The van der Waals surface area contributed by atoms with Gasteiger partial charge in [0.1, 0.15) is 0 Å². The van der Waals surface area contributed by atoms with E-state index in [0.29, 0.717) is 23.4 Å². The lowest BCUT2D eigenvalue weighted by Gasteiger charge is -2.26. The molecule has 25 heavy (non-hydrogen) atoms. The van der Waals surface area contributed by atoms with Gasteiger partial charge in [-0.3, -0.25) is 9.59 Å². The lowest BCUT2D eigenvalue weighted by molar-refractivity contribution is -0.131. The van der Waals surface area contributed by atoms with Crippen LogP contribution in [-0.2, 0) is 11.2 Å². The number of likely N-dealkylation sites (tertiary alicyclic amines) is 1. The number of nitrogens with two attached hydrogens (primary N) is 1. The van der Waals surface area contributed by atoms with Gasteiger partial charge in [-0.25, -0.2) is 0 Å². The Morgan fingerprint density at radius 1 is 0.960 bits per heavy atom. The number of benzene rings is 2. The first-order valence-electron chi connectivity index (χ1n) is 8.66. The molecule has 1 heterocycles. The standard InChI is InChI=1S/C20H23N3O2/c21-17-6-2-3-7-18(17)22-20(25)16-10-8-15(9-11-16)14-19(24)23-12-4-1-5-13-23/h2-3,6-11H,1,4-5,12-14,21H2,(H,22,25). The van der Waals surface area contributed by atoms with E-state index in [0.717, 1.165) is 31.5 Å². The Hall–Kier alpha value is -2.82. The maximum Gasteiger partial charge on any atom is 0.255 e. The summed E-state index contributed by atoms with van der Waals surface area (Å²) in [6.07, 6.45) is 3.77. The fourth-order valence-electron chi connectivity index (χ4n) is 3.01. The van der Waals surface area contributed by atoms with Crippen molar-refractivity contribution in [3.8, 4) is 0 Å². The third-order valence-electron chi connectivity index (χ3n) is 4.49. The molecule has 2 aromatic rings. The van der Waals surface area contributed by atoms with Gasteiger partial charge in [-0.05, 0) is 49.1 Å². The number of hydrogen-bond donors (Lipinski definition) is 2. The minimum absolute atomic E-state index is 0.161. The number of piperidine rings is 1. The molecule has 0 spiro atoms. The topological polar surface area (TPSA) is 75.4 Å². The summed E-state index contributed by atoms with van der Waals surface area (Å²) in [7, 11) is 0. The van der Waals surface area contributed by atoms with Gasteiger partial charge in [-0.2, -0.15) is 0 Å². The molecule has 2 aromatic carbocycles. The number of anilines is 2. The van der Waals surface area contributed by atoms with Crippen molar-refractivity contribution >= 4 is 23.2 Å². The number of carbonyl (C=O) groups is 2. The molecule has 5 nitrogen and oxygen atoms in total. The predicted molar refractivity (Wildman–Crippen MR) is 99.4 cm³/mol. The Labute approximate surface area is 147 Å². The summed E-state index contributed by atoms with van der Waals surface area (Å²) >= 11 is 0. The zero-order valence-corrected chi connectivity index (χ0v) is 14.2. The fraction of sp³-hybridized carbons (Fsp3) is 0.300. The monoisotopic (exact) mass is 337 g/mol. The van der Waals surface area contributed by atoms with Crippen molar-refractivity contribution < 1.29 is 9.59 Å². The zero-order valence-electron chi connectivity index (χ0n) is 14.2. The van der Waals surface area contributed by atoms with Crippen LogP contribution in [0.4, 0.5) is 11.4 Å². The number of amides is 2.